The molecule has 1 amide bonds. The van der Waals surface area contributed by atoms with Crippen LogP contribution in [0, 0.1) is 0 Å². The summed E-state index contributed by atoms with van der Waals surface area (Å²) in [4.78, 5) is 22.2. The van der Waals surface area contributed by atoms with E-state index in [-0.39, 0.29) is 11.9 Å². The molecule has 0 aromatic heterocycles. The molecule has 0 heterocycles. The van der Waals surface area contributed by atoms with Crippen molar-refractivity contribution in [2.45, 2.75) is 13.8 Å². The summed E-state index contributed by atoms with van der Waals surface area (Å²) in [6.07, 6.45) is 1.41. The molecule has 1 N–H and O–H groups in total. The van der Waals surface area contributed by atoms with E-state index in [0.717, 1.165) is 0 Å². The van der Waals surface area contributed by atoms with Crippen LogP contribution in [0.15, 0.2) is 11.8 Å². The van der Waals surface area contributed by atoms with Gasteiger partial charge >= 0.3 is 5.97 Å². The minimum Gasteiger partial charge on any atom is -0.464 e. The fourth-order valence-electron chi connectivity index (χ4n) is 1.07. The Morgan fingerprint density at radius 1 is 1.41 bits per heavy atom. The van der Waals surface area contributed by atoms with E-state index in [0.29, 0.717) is 6.61 Å². The van der Waals surface area contributed by atoms with E-state index in [9.17, 15) is 14.2 Å². The van der Waals surface area contributed by atoms with Crippen molar-refractivity contribution >= 4 is 19.2 Å². The van der Waals surface area contributed by atoms with Crippen molar-refractivity contribution in [3.05, 3.63) is 11.8 Å². The first kappa shape index (κ1) is 15.9. The maximum absolute atomic E-state index is 11.8. The Morgan fingerprint density at radius 3 is 2.41 bits per heavy atom. The molecule has 6 nitrogen and oxygen atoms in total. The monoisotopic (exact) mass is 263 g/mol. The smallest absolute Gasteiger partial charge is 0.354 e. The van der Waals surface area contributed by atoms with E-state index in [1.165, 1.54) is 26.8 Å². The van der Waals surface area contributed by atoms with Crippen molar-refractivity contribution in [2.75, 3.05) is 26.5 Å². The van der Waals surface area contributed by atoms with E-state index >= 15 is 0 Å². The first-order valence-electron chi connectivity index (χ1n) is 5.09. The maximum Gasteiger partial charge on any atom is 0.354 e. The van der Waals surface area contributed by atoms with Gasteiger partial charge in [-0.15, -0.1) is 0 Å². The van der Waals surface area contributed by atoms with E-state index < -0.39 is 19.2 Å². The van der Waals surface area contributed by atoms with Crippen LogP contribution in [0.25, 0.3) is 0 Å². The number of esters is 1. The quantitative estimate of drug-likeness (QED) is 0.441. The van der Waals surface area contributed by atoms with Crippen LogP contribution in [0.2, 0.25) is 0 Å². The summed E-state index contributed by atoms with van der Waals surface area (Å²) < 4.78 is 21.3. The summed E-state index contributed by atoms with van der Waals surface area (Å²) in [7, 11) is -1.57. The molecule has 0 aromatic rings. The number of hydrogen-bond donors (Lipinski definition) is 1. The number of nitrogens with one attached hydrogen (secondary N) is 1. The highest BCUT2D eigenvalue weighted by molar-refractivity contribution is 7.58. The SMILES string of the molecule is CCOP(C)(=O)C/C=C(\NC(C)=O)C(=O)OC. The zero-order chi connectivity index (χ0) is 13.5. The Kier molecular flexibility index (Phi) is 6.76. The Bertz CT molecular complexity index is 364. The highest BCUT2D eigenvalue weighted by atomic mass is 31.2. The fourth-order valence-corrected chi connectivity index (χ4v) is 2.23. The Labute approximate surface area is 101 Å². The normalized spacial score (nSPS) is 14.9. The summed E-state index contributed by atoms with van der Waals surface area (Å²) >= 11 is 0. The third-order valence-electron chi connectivity index (χ3n) is 1.75. The van der Waals surface area contributed by atoms with Gasteiger partial charge in [0.25, 0.3) is 0 Å². The Hall–Kier alpha value is -1.13. The highest BCUT2D eigenvalue weighted by Crippen LogP contribution is 2.42. The summed E-state index contributed by atoms with van der Waals surface area (Å²) in [5.74, 6) is -1.08. The van der Waals surface area contributed by atoms with Crippen molar-refractivity contribution in [1.29, 1.82) is 0 Å². The number of allylic oxidation sites excluding steroid dienone is 1. The van der Waals surface area contributed by atoms with E-state index in [1.807, 2.05) is 0 Å². The van der Waals surface area contributed by atoms with Gasteiger partial charge in [0.15, 0.2) is 0 Å². The van der Waals surface area contributed by atoms with Crippen LogP contribution >= 0.6 is 7.37 Å². The number of ether oxygens (including phenoxy) is 1. The fraction of sp³-hybridized carbons (Fsp3) is 0.600. The number of amides is 1. The van der Waals surface area contributed by atoms with Crippen LogP contribution < -0.4 is 5.32 Å². The number of rotatable bonds is 6. The standard InChI is InChI=1S/C10H18NO5P/c1-5-16-17(4,14)7-6-9(10(13)15-3)11-8(2)12/h6H,5,7H2,1-4H3,(H,11,12)/b9-6-. The van der Waals surface area contributed by atoms with Gasteiger partial charge in [0, 0.05) is 19.8 Å². The van der Waals surface area contributed by atoms with Gasteiger partial charge in [-0.1, -0.05) is 0 Å². The van der Waals surface area contributed by atoms with Gasteiger partial charge in [0.1, 0.15) is 5.70 Å². The highest BCUT2D eigenvalue weighted by Gasteiger charge is 2.17. The van der Waals surface area contributed by atoms with Gasteiger partial charge in [-0.2, -0.15) is 0 Å². The molecule has 0 bridgehead atoms. The third kappa shape index (κ3) is 6.92. The number of carbonyl (C=O) groups excluding carboxylic acids is 2. The molecule has 1 unspecified atom stereocenters. The van der Waals surface area contributed by atoms with Crippen LogP contribution in [-0.2, 0) is 23.4 Å². The molecule has 0 aliphatic heterocycles. The molecule has 0 aromatic carbocycles. The molecule has 0 saturated carbocycles. The minimum atomic E-state index is -2.78. The largest absolute Gasteiger partial charge is 0.464 e. The lowest BCUT2D eigenvalue weighted by molar-refractivity contribution is -0.137. The molecule has 7 heteroatoms. The van der Waals surface area contributed by atoms with Crippen LogP contribution in [-0.4, -0.2) is 38.4 Å². The van der Waals surface area contributed by atoms with Crippen molar-refractivity contribution in [1.82, 2.24) is 5.32 Å². The Morgan fingerprint density at radius 2 is 2.00 bits per heavy atom. The molecule has 17 heavy (non-hydrogen) atoms. The van der Waals surface area contributed by atoms with Gasteiger partial charge in [-0.05, 0) is 13.0 Å². The molecular weight excluding hydrogens is 245 g/mol. The zero-order valence-corrected chi connectivity index (χ0v) is 11.4. The predicted molar refractivity (Wildman–Crippen MR) is 63.9 cm³/mol. The first-order chi connectivity index (χ1) is 7.82. The van der Waals surface area contributed by atoms with Crippen molar-refractivity contribution in [2.24, 2.45) is 0 Å². The van der Waals surface area contributed by atoms with Crippen LogP contribution in [0.5, 0.6) is 0 Å². The second kappa shape index (κ2) is 7.25. The van der Waals surface area contributed by atoms with Gasteiger partial charge < -0.3 is 14.6 Å². The lowest BCUT2D eigenvalue weighted by Crippen LogP contribution is -2.26. The van der Waals surface area contributed by atoms with E-state index in [4.69, 9.17) is 4.52 Å². The molecule has 0 saturated heterocycles. The summed E-state index contributed by atoms with van der Waals surface area (Å²) in [5.41, 5.74) is -0.0261. The van der Waals surface area contributed by atoms with Gasteiger partial charge in [0.05, 0.1) is 13.7 Å². The van der Waals surface area contributed by atoms with Gasteiger partial charge in [-0.25, -0.2) is 4.79 Å². The molecule has 0 radical (unpaired) electrons. The molecule has 0 fully saturated rings. The average Bonchev–Trinajstić information content (AvgIpc) is 2.22. The molecular formula is C10H18NO5P. The van der Waals surface area contributed by atoms with Crippen molar-refractivity contribution in [3.63, 3.8) is 0 Å². The van der Waals surface area contributed by atoms with Crippen LogP contribution in [0.3, 0.4) is 0 Å². The second-order valence-electron chi connectivity index (χ2n) is 3.41. The second-order valence-corrected chi connectivity index (χ2v) is 6.06. The summed E-state index contributed by atoms with van der Waals surface area (Å²) in [5, 5.41) is 2.32. The predicted octanol–water partition coefficient (Wildman–Crippen LogP) is 1.12. The van der Waals surface area contributed by atoms with Gasteiger partial charge in [0.2, 0.25) is 13.3 Å². The molecule has 0 spiro atoms. The lowest BCUT2D eigenvalue weighted by atomic mass is 10.4. The average molecular weight is 263 g/mol. The molecule has 98 valence electrons. The third-order valence-corrected chi connectivity index (χ3v) is 3.40. The van der Waals surface area contributed by atoms with E-state index in [1.54, 1.807) is 6.92 Å². The van der Waals surface area contributed by atoms with Crippen LogP contribution in [0.1, 0.15) is 13.8 Å². The van der Waals surface area contributed by atoms with E-state index in [2.05, 4.69) is 10.1 Å². The maximum atomic E-state index is 11.8. The number of carbonyl (C=O) groups is 2. The Balaban J connectivity index is 4.75. The topological polar surface area (TPSA) is 81.7 Å². The van der Waals surface area contributed by atoms with Gasteiger partial charge in [-0.3, -0.25) is 9.36 Å². The summed E-state index contributed by atoms with van der Waals surface area (Å²) in [6.45, 7) is 4.80. The van der Waals surface area contributed by atoms with Crippen LogP contribution in [0.4, 0.5) is 0 Å². The van der Waals surface area contributed by atoms with Crippen molar-refractivity contribution in [3.8, 4) is 0 Å². The summed E-state index contributed by atoms with van der Waals surface area (Å²) in [6, 6.07) is 0. The number of methoxy groups -OCH3 is 1. The first-order valence-corrected chi connectivity index (χ1v) is 7.35. The molecule has 1 atom stereocenters. The lowest BCUT2D eigenvalue weighted by Gasteiger charge is -2.11. The molecule has 0 aliphatic carbocycles. The molecule has 0 rings (SSSR count). The number of hydrogen-bond acceptors (Lipinski definition) is 5. The molecule has 0 aliphatic rings. The minimum absolute atomic E-state index is 0.0261. The zero-order valence-electron chi connectivity index (χ0n) is 10.5. The van der Waals surface area contributed by atoms with Crippen molar-refractivity contribution < 1.29 is 23.4 Å².